The van der Waals surface area contributed by atoms with Crippen LogP contribution in [0.2, 0.25) is 0 Å². The molecule has 0 aromatic heterocycles. The second-order valence-corrected chi connectivity index (χ2v) is 10.5. The number of carbonyl (C=O) groups excluding carboxylic acids is 2. The van der Waals surface area contributed by atoms with Crippen molar-refractivity contribution in [1.29, 1.82) is 0 Å². The van der Waals surface area contributed by atoms with Gasteiger partial charge in [0.1, 0.15) is 0 Å². The number of likely N-dealkylation sites (N-methyl/N-ethyl adjacent to an activating group) is 1. The molecule has 0 radical (unpaired) electrons. The number of nitrogens with zero attached hydrogens (tertiary/aromatic N) is 3. The Hall–Kier alpha value is -2.87. The van der Waals surface area contributed by atoms with Gasteiger partial charge in [-0.25, -0.2) is 4.79 Å². The lowest BCUT2D eigenvalue weighted by Crippen LogP contribution is -2.28. The quantitative estimate of drug-likeness (QED) is 0.127. The van der Waals surface area contributed by atoms with Crippen molar-refractivity contribution in [3.05, 3.63) is 47.5 Å². The molecule has 2 amide bonds. The summed E-state index contributed by atoms with van der Waals surface area (Å²) in [6.45, 7) is 8.19. The summed E-state index contributed by atoms with van der Waals surface area (Å²) in [4.78, 5) is 37.6. The minimum absolute atomic E-state index is 0.322. The van der Waals surface area contributed by atoms with Crippen molar-refractivity contribution in [3.8, 4) is 0 Å². The van der Waals surface area contributed by atoms with Crippen molar-refractivity contribution >= 4 is 18.5 Å². The second kappa shape index (κ2) is 21.9. The van der Waals surface area contributed by atoms with Crippen LogP contribution in [-0.2, 0) is 27.3 Å². The Kier molecular flexibility index (Phi) is 19.2. The van der Waals surface area contributed by atoms with Gasteiger partial charge < -0.3 is 19.6 Å². The van der Waals surface area contributed by atoms with Gasteiger partial charge in [0.2, 0.25) is 5.91 Å². The molecule has 8 nitrogen and oxygen atoms in total. The molecule has 2 aliphatic rings. The molecule has 1 aromatic rings. The Morgan fingerprint density at radius 2 is 1.77 bits per heavy atom. The first-order chi connectivity index (χ1) is 19.3. The number of fused-ring (bicyclic) bond motifs is 1. The van der Waals surface area contributed by atoms with Gasteiger partial charge in [0, 0.05) is 45.7 Å². The van der Waals surface area contributed by atoms with Gasteiger partial charge in [-0.2, -0.15) is 0 Å². The molecule has 2 aliphatic heterocycles. The third-order valence-corrected chi connectivity index (χ3v) is 7.16. The van der Waals surface area contributed by atoms with Crippen LogP contribution < -0.4 is 0 Å². The van der Waals surface area contributed by atoms with Crippen molar-refractivity contribution in [2.45, 2.75) is 97.1 Å². The Labute approximate surface area is 242 Å². The average Bonchev–Trinajstić information content (AvgIpc) is 3.70. The van der Waals surface area contributed by atoms with E-state index in [1.807, 2.05) is 30.1 Å². The molecule has 1 fully saturated rings. The van der Waals surface area contributed by atoms with E-state index < -0.39 is 6.09 Å². The fourth-order valence-corrected chi connectivity index (χ4v) is 4.45. The minimum Gasteiger partial charge on any atom is -0.468 e. The highest BCUT2D eigenvalue weighted by Gasteiger charge is 2.25. The summed E-state index contributed by atoms with van der Waals surface area (Å²) in [6, 6.07) is 8.78. The van der Waals surface area contributed by atoms with E-state index in [-0.39, 0.29) is 0 Å². The van der Waals surface area contributed by atoms with Gasteiger partial charge in [0.05, 0.1) is 6.61 Å². The average molecular weight is 560 g/mol. The first-order valence-corrected chi connectivity index (χ1v) is 15.0. The summed E-state index contributed by atoms with van der Waals surface area (Å²) >= 11 is 0. The summed E-state index contributed by atoms with van der Waals surface area (Å²) in [5.41, 5.74) is 2.43. The van der Waals surface area contributed by atoms with E-state index in [2.05, 4.69) is 41.8 Å². The predicted molar refractivity (Wildman–Crippen MR) is 161 cm³/mol. The van der Waals surface area contributed by atoms with E-state index >= 15 is 0 Å². The molecule has 3 rings (SSSR count). The molecule has 1 aromatic carbocycles. The zero-order chi connectivity index (χ0) is 29.6. The van der Waals surface area contributed by atoms with Gasteiger partial charge >= 0.3 is 6.09 Å². The van der Waals surface area contributed by atoms with Crippen LogP contribution in [0.25, 0.3) is 0 Å². The third-order valence-electron chi connectivity index (χ3n) is 7.16. The Bertz CT molecular complexity index is 876. The van der Waals surface area contributed by atoms with E-state index in [4.69, 9.17) is 5.11 Å². The van der Waals surface area contributed by atoms with E-state index in [9.17, 15) is 14.4 Å². The smallest absolute Gasteiger partial charge is 0.407 e. The summed E-state index contributed by atoms with van der Waals surface area (Å²) in [5.74, 6) is 0.322. The molecular weight excluding hydrogens is 506 g/mol. The fourth-order valence-electron chi connectivity index (χ4n) is 4.45. The Balaban J connectivity index is 0.000000359. The van der Waals surface area contributed by atoms with E-state index in [0.717, 1.165) is 44.2 Å². The standard InChI is InChI=1S/C18H34N2O.C11H13NO2.C3H6O2/c1-4-5-12-15-19(2)18(21)14-11-9-7-6-8-10-13-17-16-20(17)3;13-11(14)12-7-3-6-9-4-1-2-5-10(9)8-12;1-2-5-3-4/h10,13,17H,4-9,11-12,14-16H2,1-3H3;1-2,4-5H,3,6-8H2,(H,13,14);3H,2H2,1H3/b13-10-;;/t17-,20?;;/m1../s1. The molecule has 2 heterocycles. The number of unbranched alkanes of at least 4 members (excludes halogenated alkanes) is 6. The van der Waals surface area contributed by atoms with Crippen LogP contribution in [-0.4, -0.2) is 84.7 Å². The Morgan fingerprint density at radius 3 is 2.38 bits per heavy atom. The molecule has 226 valence electrons. The number of aryl methyl sites for hydroxylation is 1. The van der Waals surface area contributed by atoms with E-state index in [1.165, 1.54) is 55.5 Å². The minimum atomic E-state index is -0.818. The van der Waals surface area contributed by atoms with Crippen LogP contribution in [0.1, 0.15) is 89.2 Å². The van der Waals surface area contributed by atoms with Gasteiger partial charge in [0.25, 0.3) is 6.47 Å². The van der Waals surface area contributed by atoms with Gasteiger partial charge in [-0.3, -0.25) is 14.5 Å². The zero-order valence-electron chi connectivity index (χ0n) is 25.4. The highest BCUT2D eigenvalue weighted by Crippen LogP contribution is 2.18. The van der Waals surface area contributed by atoms with Gasteiger partial charge in [-0.05, 0) is 63.6 Å². The molecule has 1 N–H and O–H groups in total. The van der Waals surface area contributed by atoms with Gasteiger partial charge in [-0.15, -0.1) is 0 Å². The molecule has 0 saturated carbocycles. The van der Waals surface area contributed by atoms with Crippen LogP contribution in [0.5, 0.6) is 0 Å². The summed E-state index contributed by atoms with van der Waals surface area (Å²) < 4.78 is 4.15. The molecule has 0 spiro atoms. The zero-order valence-corrected chi connectivity index (χ0v) is 25.4. The van der Waals surface area contributed by atoms with Crippen LogP contribution in [0.15, 0.2) is 36.4 Å². The number of hydrogen-bond donors (Lipinski definition) is 1. The lowest BCUT2D eigenvalue weighted by Gasteiger charge is -2.16. The second-order valence-electron chi connectivity index (χ2n) is 10.5. The number of ether oxygens (including phenoxy) is 1. The van der Waals surface area contributed by atoms with Gasteiger partial charge in [-0.1, -0.05) is 69.0 Å². The van der Waals surface area contributed by atoms with Crippen molar-refractivity contribution in [3.63, 3.8) is 0 Å². The molecular formula is C32H53N3O5. The number of benzene rings is 1. The van der Waals surface area contributed by atoms with Crippen LogP contribution in [0.4, 0.5) is 4.79 Å². The number of hydrogen-bond acceptors (Lipinski definition) is 5. The maximum atomic E-state index is 11.9. The Morgan fingerprint density at radius 1 is 1.07 bits per heavy atom. The third kappa shape index (κ3) is 16.3. The predicted octanol–water partition coefficient (Wildman–Crippen LogP) is 6.14. The molecule has 0 aliphatic carbocycles. The SMILES string of the molecule is CCCCCN(C)C(=O)CCCCCC/C=C\[C@@H]1CN1C.CCOC=O.O=C(O)N1CCCc2ccccc2C1. The summed E-state index contributed by atoms with van der Waals surface area (Å²) in [7, 11) is 4.10. The maximum absolute atomic E-state index is 11.9. The highest BCUT2D eigenvalue weighted by atomic mass is 16.5. The van der Waals surface area contributed by atoms with Crippen LogP contribution >= 0.6 is 0 Å². The highest BCUT2D eigenvalue weighted by molar-refractivity contribution is 5.75. The van der Waals surface area contributed by atoms with Gasteiger partial charge in [0.15, 0.2) is 0 Å². The number of allylic oxidation sites excluding steroid dienone is 1. The van der Waals surface area contributed by atoms with E-state index in [1.54, 1.807) is 6.92 Å². The topological polar surface area (TPSA) is 90.2 Å². The number of rotatable bonds is 14. The fraction of sp³-hybridized carbons (Fsp3) is 0.656. The van der Waals surface area contributed by atoms with Crippen molar-refractivity contribution in [1.82, 2.24) is 14.7 Å². The van der Waals surface area contributed by atoms with Crippen LogP contribution in [0.3, 0.4) is 0 Å². The van der Waals surface area contributed by atoms with Crippen molar-refractivity contribution < 1.29 is 24.2 Å². The molecule has 2 atom stereocenters. The molecule has 40 heavy (non-hydrogen) atoms. The number of amides is 2. The number of carboxylic acid groups (broad SMARTS) is 1. The maximum Gasteiger partial charge on any atom is 0.407 e. The molecule has 1 saturated heterocycles. The normalized spacial score (nSPS) is 17.4. The van der Waals surface area contributed by atoms with E-state index in [0.29, 0.717) is 38.1 Å². The largest absolute Gasteiger partial charge is 0.468 e. The van der Waals surface area contributed by atoms with Crippen molar-refractivity contribution in [2.75, 3.05) is 40.3 Å². The first-order valence-electron chi connectivity index (χ1n) is 15.0. The van der Waals surface area contributed by atoms with Crippen molar-refractivity contribution in [2.24, 2.45) is 0 Å². The summed E-state index contributed by atoms with van der Waals surface area (Å²) in [5, 5.41) is 8.91. The molecule has 0 bridgehead atoms. The molecule has 1 unspecified atom stereocenters. The van der Waals surface area contributed by atoms with Crippen LogP contribution in [0, 0.1) is 0 Å². The first kappa shape index (κ1) is 35.2. The lowest BCUT2D eigenvalue weighted by molar-refractivity contribution is -0.130. The monoisotopic (exact) mass is 559 g/mol. The number of carbonyl (C=O) groups is 3. The molecule has 8 heteroatoms. The summed E-state index contributed by atoms with van der Waals surface area (Å²) in [6.07, 6.45) is 16.0. The lowest BCUT2D eigenvalue weighted by atomic mass is 10.0.